The predicted octanol–water partition coefficient (Wildman–Crippen LogP) is -0.0708. The third kappa shape index (κ3) is 3.52. The number of hydrogen-bond donors (Lipinski definition) is 1. The van der Waals surface area contributed by atoms with E-state index in [4.69, 9.17) is 0 Å². The minimum absolute atomic E-state index is 0.0808. The van der Waals surface area contributed by atoms with Crippen molar-refractivity contribution in [2.45, 2.75) is 43.8 Å². The number of piperidine rings is 1. The van der Waals surface area contributed by atoms with Gasteiger partial charge in [-0.2, -0.15) is 4.31 Å². The van der Waals surface area contributed by atoms with E-state index >= 15 is 0 Å². The summed E-state index contributed by atoms with van der Waals surface area (Å²) in [5.74, 6) is -0.0504. The summed E-state index contributed by atoms with van der Waals surface area (Å²) in [4.78, 5) is 25.8. The average molecular weight is 343 g/mol. The van der Waals surface area contributed by atoms with E-state index in [2.05, 4.69) is 5.32 Å². The smallest absolute Gasteiger partial charge is 0.235 e. The third-order valence-electron chi connectivity index (χ3n) is 5.18. The van der Waals surface area contributed by atoms with Crippen molar-refractivity contribution >= 4 is 21.8 Å². The molecule has 0 aromatic heterocycles. The lowest BCUT2D eigenvalue weighted by molar-refractivity contribution is -0.136. The minimum atomic E-state index is -3.53. The highest BCUT2D eigenvalue weighted by atomic mass is 32.2. The number of amides is 2. The summed E-state index contributed by atoms with van der Waals surface area (Å²) in [6, 6.07) is 0. The average Bonchev–Trinajstić information content (AvgIpc) is 3.09. The zero-order valence-corrected chi connectivity index (χ0v) is 14.2. The van der Waals surface area contributed by atoms with E-state index in [1.54, 1.807) is 4.90 Å². The molecule has 0 aromatic rings. The normalized spacial score (nSPS) is 27.9. The number of rotatable bonds is 3. The molecule has 0 spiro atoms. The molecule has 0 bridgehead atoms. The van der Waals surface area contributed by atoms with Gasteiger partial charge in [-0.05, 0) is 25.7 Å². The first-order valence-corrected chi connectivity index (χ1v) is 10.0. The van der Waals surface area contributed by atoms with Crippen LogP contribution in [0.4, 0.5) is 0 Å². The first-order valence-electron chi connectivity index (χ1n) is 8.53. The molecule has 1 atom stereocenters. The zero-order chi connectivity index (χ0) is 16.4. The number of nitrogens with zero attached hydrogens (tertiary/aromatic N) is 2. The van der Waals surface area contributed by atoms with Gasteiger partial charge in [0.25, 0.3) is 0 Å². The Hall–Kier alpha value is -1.15. The van der Waals surface area contributed by atoms with Gasteiger partial charge in [0.1, 0.15) is 0 Å². The van der Waals surface area contributed by atoms with E-state index in [0.29, 0.717) is 32.5 Å². The Kier molecular flexibility index (Phi) is 4.91. The van der Waals surface area contributed by atoms with Gasteiger partial charge in [-0.3, -0.25) is 9.59 Å². The molecule has 2 saturated heterocycles. The van der Waals surface area contributed by atoms with E-state index in [0.717, 1.165) is 25.7 Å². The molecule has 130 valence electrons. The van der Waals surface area contributed by atoms with Crippen molar-refractivity contribution in [3.63, 3.8) is 0 Å². The summed E-state index contributed by atoms with van der Waals surface area (Å²) in [6.07, 6.45) is 5.32. The highest BCUT2D eigenvalue weighted by molar-refractivity contribution is 7.89. The van der Waals surface area contributed by atoms with Crippen LogP contribution in [0.15, 0.2) is 0 Å². The van der Waals surface area contributed by atoms with Gasteiger partial charge in [-0.25, -0.2) is 8.42 Å². The zero-order valence-electron chi connectivity index (χ0n) is 13.4. The molecule has 0 radical (unpaired) electrons. The molecule has 2 heterocycles. The molecule has 3 fully saturated rings. The van der Waals surface area contributed by atoms with Crippen LogP contribution in [0.25, 0.3) is 0 Å². The van der Waals surface area contributed by atoms with Gasteiger partial charge in [-0.15, -0.1) is 0 Å². The summed E-state index contributed by atoms with van der Waals surface area (Å²) in [7, 11) is -3.53. The van der Waals surface area contributed by atoms with Gasteiger partial charge in [0.15, 0.2) is 0 Å². The van der Waals surface area contributed by atoms with Crippen LogP contribution in [0, 0.1) is 5.92 Å². The Morgan fingerprint density at radius 2 is 1.83 bits per heavy atom. The van der Waals surface area contributed by atoms with Crippen LogP contribution in [-0.2, 0) is 19.6 Å². The van der Waals surface area contributed by atoms with Crippen LogP contribution in [-0.4, -0.2) is 67.4 Å². The molecular formula is C15H25N3O4S. The first kappa shape index (κ1) is 16.7. The fourth-order valence-electron chi connectivity index (χ4n) is 3.86. The topological polar surface area (TPSA) is 86.8 Å². The monoisotopic (exact) mass is 343 g/mol. The number of likely N-dealkylation sites (tertiary alicyclic amines) is 1. The van der Waals surface area contributed by atoms with Crippen LogP contribution in [0.2, 0.25) is 0 Å². The maximum atomic E-state index is 12.8. The van der Waals surface area contributed by atoms with Gasteiger partial charge in [0.05, 0.1) is 11.8 Å². The largest absolute Gasteiger partial charge is 0.354 e. The molecule has 0 aromatic carbocycles. The molecule has 1 aliphatic carbocycles. The van der Waals surface area contributed by atoms with Crippen LogP contribution in [0.5, 0.6) is 0 Å². The molecule has 1 unspecified atom stereocenters. The second-order valence-corrected chi connectivity index (χ2v) is 8.97. The second-order valence-electron chi connectivity index (χ2n) is 6.76. The molecule has 3 aliphatic rings. The highest BCUT2D eigenvalue weighted by Crippen LogP contribution is 2.29. The van der Waals surface area contributed by atoms with Gasteiger partial charge in [0.2, 0.25) is 21.8 Å². The number of carbonyl (C=O) groups is 2. The van der Waals surface area contributed by atoms with Gasteiger partial charge in [-0.1, -0.05) is 12.8 Å². The Bertz CT molecular complexity index is 571. The van der Waals surface area contributed by atoms with Gasteiger partial charge < -0.3 is 10.2 Å². The molecule has 3 rings (SSSR count). The van der Waals surface area contributed by atoms with E-state index in [-0.39, 0.29) is 30.8 Å². The van der Waals surface area contributed by atoms with Crippen LogP contribution in [0.3, 0.4) is 0 Å². The number of carbonyl (C=O) groups excluding carboxylic acids is 2. The van der Waals surface area contributed by atoms with Gasteiger partial charge in [0, 0.05) is 32.1 Å². The standard InChI is InChI=1S/C15H25N3O4S/c19-14-11-18(9-7-16-14)23(21,22)13-6-3-8-17(10-13)15(20)12-4-1-2-5-12/h12-13H,1-11H2,(H,16,19). The van der Waals surface area contributed by atoms with Crippen molar-refractivity contribution in [3.8, 4) is 0 Å². The Balaban J connectivity index is 1.67. The first-order chi connectivity index (χ1) is 11.0. The fraction of sp³-hybridized carbons (Fsp3) is 0.867. The number of nitrogens with one attached hydrogen (secondary N) is 1. The molecule has 2 aliphatic heterocycles. The second kappa shape index (κ2) is 6.76. The maximum Gasteiger partial charge on any atom is 0.235 e. The highest BCUT2D eigenvalue weighted by Gasteiger charge is 2.39. The van der Waals surface area contributed by atoms with Gasteiger partial charge >= 0.3 is 0 Å². The molecule has 23 heavy (non-hydrogen) atoms. The molecule has 1 saturated carbocycles. The Morgan fingerprint density at radius 1 is 1.09 bits per heavy atom. The summed E-state index contributed by atoms with van der Waals surface area (Å²) >= 11 is 0. The SMILES string of the molecule is O=C1CN(S(=O)(=O)C2CCCN(C(=O)C3CCCC3)C2)CCN1. The lowest BCUT2D eigenvalue weighted by atomic mass is 10.0. The Labute approximate surface area is 137 Å². The summed E-state index contributed by atoms with van der Waals surface area (Å²) in [6.45, 7) is 1.50. The summed E-state index contributed by atoms with van der Waals surface area (Å²) in [5.41, 5.74) is 0. The van der Waals surface area contributed by atoms with Crippen molar-refractivity contribution in [1.29, 1.82) is 0 Å². The van der Waals surface area contributed by atoms with Crippen molar-refractivity contribution in [2.24, 2.45) is 5.92 Å². The van der Waals surface area contributed by atoms with Crippen molar-refractivity contribution in [2.75, 3.05) is 32.7 Å². The van der Waals surface area contributed by atoms with Crippen molar-refractivity contribution in [3.05, 3.63) is 0 Å². The van der Waals surface area contributed by atoms with E-state index in [1.165, 1.54) is 4.31 Å². The lowest BCUT2D eigenvalue weighted by Crippen LogP contribution is -2.55. The van der Waals surface area contributed by atoms with E-state index < -0.39 is 15.3 Å². The summed E-state index contributed by atoms with van der Waals surface area (Å²) < 4.78 is 26.8. The van der Waals surface area contributed by atoms with Crippen LogP contribution >= 0.6 is 0 Å². The van der Waals surface area contributed by atoms with Crippen molar-refractivity contribution < 1.29 is 18.0 Å². The molecule has 1 N–H and O–H groups in total. The molecule has 8 heteroatoms. The van der Waals surface area contributed by atoms with Crippen molar-refractivity contribution in [1.82, 2.24) is 14.5 Å². The fourth-order valence-corrected chi connectivity index (χ4v) is 5.75. The van der Waals surface area contributed by atoms with E-state index in [9.17, 15) is 18.0 Å². The number of piperazine rings is 1. The molecular weight excluding hydrogens is 318 g/mol. The number of hydrogen-bond acceptors (Lipinski definition) is 4. The van der Waals surface area contributed by atoms with E-state index in [1.807, 2.05) is 0 Å². The number of sulfonamides is 1. The molecule has 7 nitrogen and oxygen atoms in total. The maximum absolute atomic E-state index is 12.8. The van der Waals surface area contributed by atoms with Crippen LogP contribution < -0.4 is 5.32 Å². The summed E-state index contributed by atoms with van der Waals surface area (Å²) in [5, 5.41) is 2.07. The third-order valence-corrected chi connectivity index (χ3v) is 7.44. The lowest BCUT2D eigenvalue weighted by Gasteiger charge is -2.37. The molecule has 2 amide bonds. The quantitative estimate of drug-likeness (QED) is 0.777. The van der Waals surface area contributed by atoms with Crippen LogP contribution in [0.1, 0.15) is 38.5 Å². The minimum Gasteiger partial charge on any atom is -0.354 e. The predicted molar refractivity (Wildman–Crippen MR) is 85.1 cm³/mol. The Morgan fingerprint density at radius 3 is 2.52 bits per heavy atom.